The fourth-order valence-electron chi connectivity index (χ4n) is 1.39. The van der Waals surface area contributed by atoms with Crippen molar-refractivity contribution < 1.29 is 9.53 Å². The number of aromatic nitrogens is 2. The predicted octanol–water partition coefficient (Wildman–Crippen LogP) is 3.55. The number of anilines is 1. The highest BCUT2D eigenvalue weighted by Crippen LogP contribution is 2.28. The lowest BCUT2D eigenvalue weighted by atomic mass is 10.2. The third-order valence-electron chi connectivity index (χ3n) is 2.08. The van der Waals surface area contributed by atoms with Gasteiger partial charge in [0.1, 0.15) is 11.9 Å². The summed E-state index contributed by atoms with van der Waals surface area (Å²) in [6.45, 7) is 5.48. The number of thiophene rings is 1. The van der Waals surface area contributed by atoms with Crippen LogP contribution in [0.5, 0.6) is 0 Å². The van der Waals surface area contributed by atoms with Gasteiger partial charge in [-0.3, -0.25) is 5.32 Å². The van der Waals surface area contributed by atoms with Gasteiger partial charge in [-0.2, -0.15) is 0 Å². The van der Waals surface area contributed by atoms with E-state index in [2.05, 4.69) is 15.3 Å². The van der Waals surface area contributed by atoms with Gasteiger partial charge in [0.25, 0.3) is 0 Å². The van der Waals surface area contributed by atoms with Crippen molar-refractivity contribution >= 4 is 23.1 Å². The molecule has 0 aliphatic carbocycles. The van der Waals surface area contributed by atoms with Crippen molar-refractivity contribution in [3.63, 3.8) is 0 Å². The maximum Gasteiger partial charge on any atom is 0.412 e. The molecule has 19 heavy (non-hydrogen) atoms. The molecule has 2 rings (SSSR count). The molecule has 0 atom stereocenters. The minimum Gasteiger partial charge on any atom is -0.444 e. The van der Waals surface area contributed by atoms with E-state index in [0.29, 0.717) is 5.69 Å². The Morgan fingerprint density at radius 2 is 2.21 bits per heavy atom. The highest BCUT2D eigenvalue weighted by atomic mass is 32.1. The van der Waals surface area contributed by atoms with Crippen LogP contribution < -0.4 is 5.32 Å². The number of rotatable bonds is 2. The monoisotopic (exact) mass is 277 g/mol. The molecule has 1 N–H and O–H groups in total. The Labute approximate surface area is 115 Å². The molecule has 0 aliphatic rings. The molecule has 0 spiro atoms. The SMILES string of the molecule is CC(C)(C)OC(=O)Nc1csc(-c2ccncn2)c1. The Hall–Kier alpha value is -1.95. The van der Waals surface area contributed by atoms with Crippen molar-refractivity contribution in [3.8, 4) is 10.6 Å². The van der Waals surface area contributed by atoms with Crippen LogP contribution >= 0.6 is 11.3 Å². The first kappa shape index (κ1) is 13.5. The van der Waals surface area contributed by atoms with Gasteiger partial charge in [-0.05, 0) is 32.9 Å². The van der Waals surface area contributed by atoms with Gasteiger partial charge in [0.15, 0.2) is 0 Å². The van der Waals surface area contributed by atoms with Gasteiger partial charge < -0.3 is 4.74 Å². The first-order chi connectivity index (χ1) is 8.94. The number of nitrogens with one attached hydrogen (secondary N) is 1. The van der Waals surface area contributed by atoms with Crippen molar-refractivity contribution in [1.29, 1.82) is 0 Å². The molecule has 0 aliphatic heterocycles. The average Bonchev–Trinajstić information content (AvgIpc) is 2.76. The third kappa shape index (κ3) is 4.03. The summed E-state index contributed by atoms with van der Waals surface area (Å²) in [4.78, 5) is 20.6. The van der Waals surface area contributed by atoms with Crippen LogP contribution in [0.4, 0.5) is 10.5 Å². The predicted molar refractivity (Wildman–Crippen MR) is 75.2 cm³/mol. The Morgan fingerprint density at radius 1 is 1.42 bits per heavy atom. The molecule has 6 heteroatoms. The van der Waals surface area contributed by atoms with Gasteiger partial charge in [-0.15, -0.1) is 11.3 Å². The number of hydrogen-bond acceptors (Lipinski definition) is 5. The summed E-state index contributed by atoms with van der Waals surface area (Å²) < 4.78 is 5.19. The second kappa shape index (κ2) is 5.36. The number of ether oxygens (including phenoxy) is 1. The second-order valence-corrected chi connectivity index (χ2v) is 5.83. The molecular formula is C13H15N3O2S. The highest BCUT2D eigenvalue weighted by molar-refractivity contribution is 7.14. The Morgan fingerprint density at radius 3 is 2.84 bits per heavy atom. The summed E-state index contributed by atoms with van der Waals surface area (Å²) >= 11 is 1.50. The Kier molecular flexibility index (Phi) is 3.80. The van der Waals surface area contributed by atoms with Crippen molar-refractivity contribution in [2.45, 2.75) is 26.4 Å². The quantitative estimate of drug-likeness (QED) is 0.911. The van der Waals surface area contributed by atoms with E-state index in [1.807, 2.05) is 38.3 Å². The van der Waals surface area contributed by atoms with E-state index in [0.717, 1.165) is 10.6 Å². The van der Waals surface area contributed by atoms with Crippen LogP contribution in [-0.2, 0) is 4.74 Å². The largest absolute Gasteiger partial charge is 0.444 e. The molecule has 0 fully saturated rings. The molecule has 0 aromatic carbocycles. The van der Waals surface area contributed by atoms with E-state index in [-0.39, 0.29) is 0 Å². The Balaban J connectivity index is 2.04. The molecular weight excluding hydrogens is 262 g/mol. The summed E-state index contributed by atoms with van der Waals surface area (Å²) in [5.74, 6) is 0. The zero-order valence-electron chi connectivity index (χ0n) is 11.0. The fraction of sp³-hybridized carbons (Fsp3) is 0.308. The van der Waals surface area contributed by atoms with Gasteiger partial charge in [-0.1, -0.05) is 0 Å². The molecule has 0 radical (unpaired) electrons. The van der Waals surface area contributed by atoms with Gasteiger partial charge in [0.2, 0.25) is 0 Å². The van der Waals surface area contributed by atoms with Gasteiger partial charge in [0, 0.05) is 11.6 Å². The molecule has 0 saturated carbocycles. The van der Waals surface area contributed by atoms with Crippen molar-refractivity contribution in [1.82, 2.24) is 9.97 Å². The topological polar surface area (TPSA) is 64.1 Å². The number of carbonyl (C=O) groups is 1. The van der Waals surface area contributed by atoms with Crippen LogP contribution in [0.3, 0.4) is 0 Å². The van der Waals surface area contributed by atoms with Crippen LogP contribution in [0.15, 0.2) is 30.0 Å². The maximum atomic E-state index is 11.6. The smallest absolute Gasteiger partial charge is 0.412 e. The van der Waals surface area contributed by atoms with E-state index in [9.17, 15) is 4.79 Å². The highest BCUT2D eigenvalue weighted by Gasteiger charge is 2.16. The van der Waals surface area contributed by atoms with Crippen molar-refractivity contribution in [3.05, 3.63) is 30.0 Å². The number of nitrogens with zero attached hydrogens (tertiary/aromatic N) is 2. The van der Waals surface area contributed by atoms with E-state index in [1.54, 1.807) is 6.20 Å². The molecule has 5 nitrogen and oxygen atoms in total. The lowest BCUT2D eigenvalue weighted by Crippen LogP contribution is -2.27. The second-order valence-electron chi connectivity index (χ2n) is 4.92. The summed E-state index contributed by atoms with van der Waals surface area (Å²) in [6.07, 6.45) is 2.72. The first-order valence-electron chi connectivity index (χ1n) is 5.79. The summed E-state index contributed by atoms with van der Waals surface area (Å²) in [7, 11) is 0. The van der Waals surface area contributed by atoms with Gasteiger partial charge >= 0.3 is 6.09 Å². The summed E-state index contributed by atoms with van der Waals surface area (Å²) in [6, 6.07) is 3.68. The molecule has 100 valence electrons. The number of hydrogen-bond donors (Lipinski definition) is 1. The van der Waals surface area contributed by atoms with Crippen molar-refractivity contribution in [2.24, 2.45) is 0 Å². The minimum absolute atomic E-state index is 0.459. The molecule has 2 aromatic heterocycles. The lowest BCUT2D eigenvalue weighted by Gasteiger charge is -2.19. The average molecular weight is 277 g/mol. The number of carbonyl (C=O) groups excluding carboxylic acids is 1. The zero-order valence-corrected chi connectivity index (χ0v) is 11.8. The molecule has 1 amide bonds. The molecule has 0 bridgehead atoms. The third-order valence-corrected chi connectivity index (χ3v) is 3.03. The summed E-state index contributed by atoms with van der Waals surface area (Å²) in [5.41, 5.74) is 1.03. The van der Waals surface area contributed by atoms with Gasteiger partial charge in [-0.25, -0.2) is 14.8 Å². The number of amides is 1. The molecule has 0 unspecified atom stereocenters. The van der Waals surface area contributed by atoms with E-state index in [1.165, 1.54) is 17.7 Å². The summed E-state index contributed by atoms with van der Waals surface area (Å²) in [5, 5.41) is 4.54. The van der Waals surface area contributed by atoms with E-state index < -0.39 is 11.7 Å². The van der Waals surface area contributed by atoms with E-state index >= 15 is 0 Å². The van der Waals surface area contributed by atoms with Crippen molar-refractivity contribution in [2.75, 3.05) is 5.32 Å². The molecule has 0 saturated heterocycles. The Bertz CT molecular complexity index is 561. The first-order valence-corrected chi connectivity index (χ1v) is 6.67. The van der Waals surface area contributed by atoms with Crippen LogP contribution in [0.2, 0.25) is 0 Å². The fourth-order valence-corrected chi connectivity index (χ4v) is 2.21. The standard InChI is InChI=1S/C13H15N3O2S/c1-13(2,3)18-12(17)16-9-6-11(19-7-9)10-4-5-14-8-15-10/h4-8H,1-3H3,(H,16,17). The van der Waals surface area contributed by atoms with Crippen LogP contribution in [0.25, 0.3) is 10.6 Å². The van der Waals surface area contributed by atoms with Gasteiger partial charge in [0.05, 0.1) is 16.3 Å². The lowest BCUT2D eigenvalue weighted by molar-refractivity contribution is 0.0636. The van der Waals surface area contributed by atoms with Crippen LogP contribution in [0, 0.1) is 0 Å². The zero-order chi connectivity index (χ0) is 13.9. The molecule has 2 heterocycles. The minimum atomic E-state index is -0.504. The van der Waals surface area contributed by atoms with E-state index in [4.69, 9.17) is 4.74 Å². The molecule has 2 aromatic rings. The van der Waals surface area contributed by atoms with Crippen LogP contribution in [-0.4, -0.2) is 21.7 Å². The normalized spacial score (nSPS) is 11.1. The maximum absolute atomic E-state index is 11.6. The van der Waals surface area contributed by atoms with Crippen LogP contribution in [0.1, 0.15) is 20.8 Å².